The summed E-state index contributed by atoms with van der Waals surface area (Å²) in [5, 5.41) is 11.0. The third-order valence-electron chi connectivity index (χ3n) is 8.94. The zero-order valence-corrected chi connectivity index (χ0v) is 23.5. The standard InChI is InChI=1S/C32H23F6NO6/c1-13-8-22(41)25-20(28(13)42)12-19-17(26(25)27-21(40)4-3-5-23(27)45-2)6-7-18-24(19)30(44)39(29(18)43)16-10-14(31(33,34)35)9-15(11-16)32(36,37)38/h3-6,8-11,18-19,24,26,40H,7,12H2,1-2H3. The lowest BCUT2D eigenvalue weighted by atomic mass is 9.59. The molecule has 45 heavy (non-hydrogen) atoms. The van der Waals surface area contributed by atoms with E-state index >= 15 is 0 Å². The number of hydrogen-bond acceptors (Lipinski definition) is 6. The first kappa shape index (κ1) is 30.4. The maximum atomic E-state index is 14.0. The molecule has 3 aliphatic carbocycles. The number of benzene rings is 2. The van der Waals surface area contributed by atoms with Crippen LogP contribution in [0, 0.1) is 17.8 Å². The molecule has 2 aromatic carbocycles. The number of aromatic hydroxyl groups is 1. The van der Waals surface area contributed by atoms with Gasteiger partial charge in [-0.05, 0) is 62.1 Å². The first-order chi connectivity index (χ1) is 21.0. The fourth-order valence-electron chi connectivity index (χ4n) is 7.04. The van der Waals surface area contributed by atoms with Crippen LogP contribution in [0.1, 0.15) is 42.4 Å². The van der Waals surface area contributed by atoms with Crippen LogP contribution in [-0.2, 0) is 31.5 Å². The molecule has 6 rings (SSSR count). The predicted octanol–water partition coefficient (Wildman–Crippen LogP) is 6.07. The van der Waals surface area contributed by atoms with E-state index in [4.69, 9.17) is 4.74 Å². The molecule has 2 aromatic rings. The summed E-state index contributed by atoms with van der Waals surface area (Å²) in [6.45, 7) is 1.44. The topological polar surface area (TPSA) is 101 Å². The van der Waals surface area contributed by atoms with Crippen LogP contribution in [0.15, 0.2) is 70.8 Å². The van der Waals surface area contributed by atoms with Crippen LogP contribution < -0.4 is 9.64 Å². The number of anilines is 1. The number of hydrogen-bond donors (Lipinski definition) is 1. The molecule has 1 fully saturated rings. The summed E-state index contributed by atoms with van der Waals surface area (Å²) in [6, 6.07) is 4.93. The number of Topliss-reactive ketones (excluding diaryl/α,β-unsaturated/α-hetero) is 1. The highest BCUT2D eigenvalue weighted by Crippen LogP contribution is 2.57. The van der Waals surface area contributed by atoms with E-state index in [2.05, 4.69) is 0 Å². The number of halogens is 6. The summed E-state index contributed by atoms with van der Waals surface area (Å²) >= 11 is 0. The summed E-state index contributed by atoms with van der Waals surface area (Å²) in [5.41, 5.74) is -3.46. The molecule has 4 atom stereocenters. The minimum Gasteiger partial charge on any atom is -0.507 e. The molecule has 0 radical (unpaired) electrons. The van der Waals surface area contributed by atoms with E-state index in [9.17, 15) is 50.6 Å². The normalized spacial score (nSPS) is 25.1. The van der Waals surface area contributed by atoms with Gasteiger partial charge in [-0.15, -0.1) is 0 Å². The maximum absolute atomic E-state index is 14.0. The summed E-state index contributed by atoms with van der Waals surface area (Å²) in [6.07, 6.45) is -7.97. The Labute approximate surface area is 251 Å². The summed E-state index contributed by atoms with van der Waals surface area (Å²) in [5.74, 6) is -7.58. The molecule has 7 nitrogen and oxygen atoms in total. The summed E-state index contributed by atoms with van der Waals surface area (Å²) in [7, 11) is 1.33. The number of fused-ring (bicyclic) bond motifs is 3. The van der Waals surface area contributed by atoms with E-state index in [1.807, 2.05) is 0 Å². The number of allylic oxidation sites excluding steroid dienone is 6. The van der Waals surface area contributed by atoms with Gasteiger partial charge in [0.25, 0.3) is 0 Å². The van der Waals surface area contributed by atoms with Crippen LogP contribution in [0.5, 0.6) is 11.5 Å². The minimum absolute atomic E-state index is 0.0511. The van der Waals surface area contributed by atoms with Crippen LogP contribution in [0.2, 0.25) is 0 Å². The van der Waals surface area contributed by atoms with Crippen LogP contribution in [0.3, 0.4) is 0 Å². The van der Waals surface area contributed by atoms with Gasteiger partial charge in [-0.2, -0.15) is 26.3 Å². The van der Waals surface area contributed by atoms with Crippen molar-refractivity contribution in [3.05, 3.63) is 87.5 Å². The number of phenolic OH excluding ortho intramolecular Hbond substituents is 1. The number of imide groups is 1. The molecule has 1 aliphatic heterocycles. The highest BCUT2D eigenvalue weighted by molar-refractivity contribution is 6.25. The molecule has 1 heterocycles. The van der Waals surface area contributed by atoms with Gasteiger partial charge < -0.3 is 9.84 Å². The van der Waals surface area contributed by atoms with Gasteiger partial charge in [-0.3, -0.25) is 19.2 Å². The molecule has 2 amide bonds. The Morgan fingerprint density at radius 3 is 2.16 bits per heavy atom. The Hall–Kier alpha value is -4.68. The fraction of sp³-hybridized carbons (Fsp3) is 0.312. The van der Waals surface area contributed by atoms with E-state index in [0.717, 1.165) is 0 Å². The van der Waals surface area contributed by atoms with Crippen molar-refractivity contribution < 1.29 is 55.4 Å². The number of methoxy groups -OCH3 is 1. The van der Waals surface area contributed by atoms with Crippen molar-refractivity contribution in [3.8, 4) is 11.5 Å². The van der Waals surface area contributed by atoms with Crippen molar-refractivity contribution >= 4 is 29.1 Å². The molecule has 4 unspecified atom stereocenters. The van der Waals surface area contributed by atoms with E-state index in [-0.39, 0.29) is 52.7 Å². The Bertz CT molecular complexity index is 1770. The van der Waals surface area contributed by atoms with Gasteiger partial charge in [0.2, 0.25) is 11.8 Å². The van der Waals surface area contributed by atoms with Gasteiger partial charge in [0.15, 0.2) is 11.6 Å². The van der Waals surface area contributed by atoms with E-state index in [1.54, 1.807) is 6.08 Å². The third-order valence-corrected chi connectivity index (χ3v) is 8.94. The average molecular weight is 632 g/mol. The van der Waals surface area contributed by atoms with Crippen molar-refractivity contribution in [1.29, 1.82) is 0 Å². The molecule has 1 N–H and O–H groups in total. The predicted molar refractivity (Wildman–Crippen MR) is 145 cm³/mol. The SMILES string of the molecule is COc1cccc(O)c1C1C2=CCC3C(=O)N(c4cc(C(F)(F)F)cc(C(F)(F)F)c4)C(=O)C3C2CC2=C1C(=O)C=C(C)C2=O. The fourth-order valence-corrected chi connectivity index (χ4v) is 7.04. The number of ketones is 2. The van der Waals surface area contributed by atoms with Crippen molar-refractivity contribution in [1.82, 2.24) is 0 Å². The molecule has 0 spiro atoms. The lowest BCUT2D eigenvalue weighted by molar-refractivity contribution is -0.143. The maximum Gasteiger partial charge on any atom is 0.416 e. The number of phenols is 1. The van der Waals surface area contributed by atoms with Gasteiger partial charge in [0.1, 0.15) is 11.5 Å². The second-order valence-corrected chi connectivity index (χ2v) is 11.4. The summed E-state index contributed by atoms with van der Waals surface area (Å²) < 4.78 is 87.2. The lowest BCUT2D eigenvalue weighted by Crippen LogP contribution is -2.40. The Balaban J connectivity index is 1.50. The highest BCUT2D eigenvalue weighted by Gasteiger charge is 2.57. The van der Waals surface area contributed by atoms with E-state index < -0.39 is 76.2 Å². The zero-order chi connectivity index (χ0) is 32.7. The molecule has 13 heteroatoms. The third kappa shape index (κ3) is 4.67. The largest absolute Gasteiger partial charge is 0.507 e. The lowest BCUT2D eigenvalue weighted by Gasteiger charge is -2.42. The van der Waals surface area contributed by atoms with Crippen molar-refractivity contribution in [2.75, 3.05) is 12.0 Å². The first-order valence-corrected chi connectivity index (χ1v) is 13.8. The second kappa shape index (κ2) is 10.2. The molecule has 1 saturated heterocycles. The molecular formula is C32H23F6NO6. The van der Waals surface area contributed by atoms with Crippen LogP contribution in [0.25, 0.3) is 0 Å². The van der Waals surface area contributed by atoms with Crippen molar-refractivity contribution in [3.63, 3.8) is 0 Å². The van der Waals surface area contributed by atoms with Crippen molar-refractivity contribution in [2.45, 2.75) is 38.0 Å². The van der Waals surface area contributed by atoms with Gasteiger partial charge >= 0.3 is 12.4 Å². The number of amides is 2. The number of ether oxygens (including phenoxy) is 1. The van der Waals surface area contributed by atoms with Crippen LogP contribution >= 0.6 is 0 Å². The molecule has 234 valence electrons. The first-order valence-electron chi connectivity index (χ1n) is 13.8. The average Bonchev–Trinajstić information content (AvgIpc) is 3.23. The highest BCUT2D eigenvalue weighted by atomic mass is 19.4. The van der Waals surface area contributed by atoms with Gasteiger partial charge in [-0.25, -0.2) is 4.90 Å². The molecule has 4 aliphatic rings. The molecular weight excluding hydrogens is 608 g/mol. The van der Waals surface area contributed by atoms with Crippen molar-refractivity contribution in [2.24, 2.45) is 17.8 Å². The summed E-state index contributed by atoms with van der Waals surface area (Å²) in [4.78, 5) is 54.8. The number of alkyl halides is 6. The second-order valence-electron chi connectivity index (χ2n) is 11.4. The van der Waals surface area contributed by atoms with Gasteiger partial charge in [0.05, 0.1) is 35.8 Å². The minimum atomic E-state index is -5.21. The van der Waals surface area contributed by atoms with Crippen LogP contribution in [0.4, 0.5) is 32.0 Å². The van der Waals surface area contributed by atoms with E-state index in [1.165, 1.54) is 38.3 Å². The quantitative estimate of drug-likeness (QED) is 0.191. The Morgan fingerprint density at radius 1 is 0.911 bits per heavy atom. The number of carbonyl (C=O) groups is 4. The molecule has 0 saturated carbocycles. The molecule has 0 aromatic heterocycles. The number of nitrogens with zero attached hydrogens (tertiary/aromatic N) is 1. The monoisotopic (exact) mass is 631 g/mol. The van der Waals surface area contributed by atoms with Gasteiger partial charge in [-0.1, -0.05) is 17.7 Å². The zero-order valence-electron chi connectivity index (χ0n) is 23.5. The van der Waals surface area contributed by atoms with Gasteiger partial charge in [0, 0.05) is 28.2 Å². The molecule has 0 bridgehead atoms. The number of rotatable bonds is 3. The number of carbonyl (C=O) groups excluding carboxylic acids is 4. The smallest absolute Gasteiger partial charge is 0.416 e. The van der Waals surface area contributed by atoms with Crippen LogP contribution in [-0.4, -0.2) is 35.6 Å². The van der Waals surface area contributed by atoms with E-state index in [0.29, 0.717) is 22.6 Å². The Kier molecular flexibility index (Phi) is 6.86. The Morgan fingerprint density at radius 2 is 1.56 bits per heavy atom.